The minimum atomic E-state index is -4.41. The van der Waals surface area contributed by atoms with Gasteiger partial charge in [0.1, 0.15) is 0 Å². The van der Waals surface area contributed by atoms with Crippen molar-refractivity contribution in [3.05, 3.63) is 71.3 Å². The standard InChI is InChI=1S/C27H31F3N2O3/c28-27(29,30)22-8-6-19(7-9-22)21-14-18(15-25(34)20-4-2-1-3-5-20)16-32(17-21)26(35)31-23-10-12-24(33)13-11-23/h1-9,18,21,23-24,33H,10-17H2,(H,31,35). The van der Waals surface area contributed by atoms with E-state index >= 15 is 0 Å². The second-order valence-electron chi connectivity index (χ2n) is 9.77. The summed E-state index contributed by atoms with van der Waals surface area (Å²) in [5, 5.41) is 12.8. The Balaban J connectivity index is 1.49. The molecule has 2 aromatic rings. The first-order valence-electron chi connectivity index (χ1n) is 12.2. The van der Waals surface area contributed by atoms with E-state index in [0.717, 1.165) is 17.7 Å². The summed E-state index contributed by atoms with van der Waals surface area (Å²) in [5.41, 5.74) is 0.635. The molecule has 2 aromatic carbocycles. The van der Waals surface area contributed by atoms with Crippen LogP contribution in [0.2, 0.25) is 0 Å². The van der Waals surface area contributed by atoms with Gasteiger partial charge in [-0.3, -0.25) is 4.79 Å². The third kappa shape index (κ3) is 6.63. The first-order chi connectivity index (χ1) is 16.7. The van der Waals surface area contributed by atoms with Crippen molar-refractivity contribution in [3.8, 4) is 0 Å². The number of Topliss-reactive ketones (excluding diaryl/α,β-unsaturated/α-hetero) is 1. The quantitative estimate of drug-likeness (QED) is 0.554. The number of carbonyl (C=O) groups is 2. The molecule has 1 saturated carbocycles. The Labute approximate surface area is 203 Å². The lowest BCUT2D eigenvalue weighted by Gasteiger charge is -2.39. The van der Waals surface area contributed by atoms with Crippen LogP contribution in [0.4, 0.5) is 18.0 Å². The largest absolute Gasteiger partial charge is 0.416 e. The molecule has 8 heteroatoms. The number of amides is 2. The van der Waals surface area contributed by atoms with Gasteiger partial charge in [0.15, 0.2) is 5.78 Å². The fraction of sp³-hybridized carbons (Fsp3) is 0.481. The summed E-state index contributed by atoms with van der Waals surface area (Å²) < 4.78 is 39.1. The third-order valence-corrected chi connectivity index (χ3v) is 7.13. The second kappa shape index (κ2) is 10.8. The number of aliphatic hydroxyl groups is 1. The van der Waals surface area contributed by atoms with Crippen molar-refractivity contribution >= 4 is 11.8 Å². The van der Waals surface area contributed by atoms with E-state index in [0.29, 0.717) is 50.8 Å². The maximum absolute atomic E-state index is 13.1. The normalized spacial score (nSPS) is 25.2. The van der Waals surface area contributed by atoms with Crippen LogP contribution in [0.1, 0.15) is 65.9 Å². The Kier molecular flexibility index (Phi) is 7.79. The molecule has 0 radical (unpaired) electrons. The molecule has 35 heavy (non-hydrogen) atoms. The fourth-order valence-corrected chi connectivity index (χ4v) is 5.19. The second-order valence-corrected chi connectivity index (χ2v) is 9.77. The Morgan fingerprint density at radius 3 is 2.23 bits per heavy atom. The molecule has 1 aliphatic heterocycles. The maximum atomic E-state index is 13.1. The van der Waals surface area contributed by atoms with E-state index in [1.807, 2.05) is 6.07 Å². The van der Waals surface area contributed by atoms with E-state index in [4.69, 9.17) is 0 Å². The highest BCUT2D eigenvalue weighted by molar-refractivity contribution is 5.96. The van der Waals surface area contributed by atoms with Gasteiger partial charge in [-0.05, 0) is 55.7 Å². The average Bonchev–Trinajstić information content (AvgIpc) is 2.85. The Bertz CT molecular complexity index is 1000. The van der Waals surface area contributed by atoms with Crippen LogP contribution >= 0.6 is 0 Å². The number of urea groups is 1. The number of hydrogen-bond acceptors (Lipinski definition) is 3. The van der Waals surface area contributed by atoms with Gasteiger partial charge in [0.2, 0.25) is 0 Å². The summed E-state index contributed by atoms with van der Waals surface area (Å²) in [4.78, 5) is 27.7. The number of halogens is 3. The Morgan fingerprint density at radius 1 is 0.943 bits per heavy atom. The monoisotopic (exact) mass is 488 g/mol. The molecule has 0 spiro atoms. The Hall–Kier alpha value is -2.87. The molecule has 2 N–H and O–H groups in total. The summed E-state index contributed by atoms with van der Waals surface area (Å²) in [6.45, 7) is 0.791. The van der Waals surface area contributed by atoms with Crippen molar-refractivity contribution in [2.24, 2.45) is 5.92 Å². The summed E-state index contributed by atoms with van der Waals surface area (Å²) >= 11 is 0. The van der Waals surface area contributed by atoms with Gasteiger partial charge in [-0.25, -0.2) is 4.79 Å². The third-order valence-electron chi connectivity index (χ3n) is 7.13. The van der Waals surface area contributed by atoms with Gasteiger partial charge in [0.25, 0.3) is 0 Å². The maximum Gasteiger partial charge on any atom is 0.416 e. The average molecular weight is 489 g/mol. The number of likely N-dealkylation sites (tertiary alicyclic amines) is 1. The van der Waals surface area contributed by atoms with Gasteiger partial charge in [0.05, 0.1) is 11.7 Å². The van der Waals surface area contributed by atoms with E-state index in [1.165, 1.54) is 12.1 Å². The number of piperidine rings is 1. The van der Waals surface area contributed by atoms with E-state index in [1.54, 1.807) is 29.2 Å². The number of aliphatic hydroxyl groups excluding tert-OH is 1. The van der Waals surface area contributed by atoms with Crippen LogP contribution in [0, 0.1) is 5.92 Å². The number of carbonyl (C=O) groups excluding carboxylic acids is 2. The van der Waals surface area contributed by atoms with Crippen LogP contribution in [0.3, 0.4) is 0 Å². The molecule has 2 unspecified atom stereocenters. The van der Waals surface area contributed by atoms with Gasteiger partial charge in [-0.15, -0.1) is 0 Å². The molecule has 2 atom stereocenters. The van der Waals surface area contributed by atoms with Crippen LogP contribution in [-0.2, 0) is 6.18 Å². The lowest BCUT2D eigenvalue weighted by molar-refractivity contribution is -0.137. The molecule has 188 valence electrons. The summed E-state index contributed by atoms with van der Waals surface area (Å²) in [5.74, 6) is -0.286. The number of nitrogens with zero attached hydrogens (tertiary/aromatic N) is 1. The molecule has 2 aliphatic rings. The van der Waals surface area contributed by atoms with Crippen LogP contribution in [0.25, 0.3) is 0 Å². The van der Waals surface area contributed by atoms with E-state index in [9.17, 15) is 27.9 Å². The Morgan fingerprint density at radius 2 is 1.60 bits per heavy atom. The van der Waals surface area contributed by atoms with Crippen molar-refractivity contribution in [2.75, 3.05) is 13.1 Å². The van der Waals surface area contributed by atoms with Crippen LogP contribution in [0.5, 0.6) is 0 Å². The lowest BCUT2D eigenvalue weighted by atomic mass is 9.81. The first-order valence-corrected chi connectivity index (χ1v) is 12.2. The fourth-order valence-electron chi connectivity index (χ4n) is 5.19. The zero-order valence-corrected chi connectivity index (χ0v) is 19.5. The predicted octanol–water partition coefficient (Wildman–Crippen LogP) is 5.40. The highest BCUT2D eigenvalue weighted by Crippen LogP contribution is 2.35. The molecular weight excluding hydrogens is 457 g/mol. The smallest absolute Gasteiger partial charge is 0.393 e. The SMILES string of the molecule is O=C(CC1CC(c2ccc(C(F)(F)F)cc2)CN(C(=O)NC2CCC(O)CC2)C1)c1ccccc1. The van der Waals surface area contributed by atoms with Crippen LogP contribution in [0.15, 0.2) is 54.6 Å². The first kappa shape index (κ1) is 25.2. The molecule has 2 amide bonds. The van der Waals surface area contributed by atoms with Crippen molar-refractivity contribution in [3.63, 3.8) is 0 Å². The van der Waals surface area contributed by atoms with Gasteiger partial charge >= 0.3 is 12.2 Å². The predicted molar refractivity (Wildman–Crippen MR) is 126 cm³/mol. The highest BCUT2D eigenvalue weighted by atomic mass is 19.4. The lowest BCUT2D eigenvalue weighted by Crippen LogP contribution is -2.51. The summed E-state index contributed by atoms with van der Waals surface area (Å²) in [6, 6.07) is 13.9. The molecule has 1 heterocycles. The number of rotatable bonds is 5. The molecule has 0 aromatic heterocycles. The van der Waals surface area contributed by atoms with Crippen LogP contribution < -0.4 is 5.32 Å². The number of nitrogens with one attached hydrogen (secondary N) is 1. The number of ketones is 1. The molecule has 4 rings (SSSR count). The zero-order chi connectivity index (χ0) is 25.0. The molecule has 2 fully saturated rings. The molecule has 1 saturated heterocycles. The topological polar surface area (TPSA) is 69.6 Å². The minimum absolute atomic E-state index is 0.00899. The van der Waals surface area contributed by atoms with Crippen molar-refractivity contribution in [1.29, 1.82) is 0 Å². The zero-order valence-electron chi connectivity index (χ0n) is 19.5. The summed E-state index contributed by atoms with van der Waals surface area (Å²) in [7, 11) is 0. The molecule has 1 aliphatic carbocycles. The number of alkyl halides is 3. The van der Waals surface area contributed by atoms with Crippen molar-refractivity contribution < 1.29 is 27.9 Å². The van der Waals surface area contributed by atoms with Gasteiger partial charge < -0.3 is 15.3 Å². The van der Waals surface area contributed by atoms with Crippen molar-refractivity contribution in [1.82, 2.24) is 10.2 Å². The van der Waals surface area contributed by atoms with E-state index in [-0.39, 0.29) is 42.2 Å². The minimum Gasteiger partial charge on any atom is -0.393 e. The number of hydrogen-bond donors (Lipinski definition) is 2. The van der Waals surface area contributed by atoms with Gasteiger partial charge in [-0.1, -0.05) is 42.5 Å². The number of benzene rings is 2. The van der Waals surface area contributed by atoms with Gasteiger partial charge in [-0.2, -0.15) is 13.2 Å². The van der Waals surface area contributed by atoms with E-state index < -0.39 is 11.7 Å². The van der Waals surface area contributed by atoms with E-state index in [2.05, 4.69) is 5.32 Å². The van der Waals surface area contributed by atoms with Crippen LogP contribution in [-0.4, -0.2) is 47.1 Å². The highest BCUT2D eigenvalue weighted by Gasteiger charge is 2.34. The summed E-state index contributed by atoms with van der Waals surface area (Å²) in [6.07, 6.45) is -1.15. The van der Waals surface area contributed by atoms with Gasteiger partial charge in [0, 0.05) is 37.0 Å². The molecule has 0 bridgehead atoms. The molecular formula is C27H31F3N2O3. The van der Waals surface area contributed by atoms with Crippen molar-refractivity contribution in [2.45, 2.75) is 62.8 Å². The molecule has 5 nitrogen and oxygen atoms in total.